The normalized spacial score (nSPS) is 24.5. The molecule has 6 amide bonds. The topological polar surface area (TPSA) is 172 Å². The zero-order valence-electron chi connectivity index (χ0n) is 41.4. The highest BCUT2D eigenvalue weighted by molar-refractivity contribution is 6.10. The van der Waals surface area contributed by atoms with Crippen molar-refractivity contribution in [3.8, 4) is 11.3 Å². The number of nitrogens with zero attached hydrogens (tertiary/aromatic N) is 10. The lowest BCUT2D eigenvalue weighted by atomic mass is 9.73. The fraction of sp³-hybridized carbons (Fsp3) is 0.593. The highest BCUT2D eigenvalue weighted by Crippen LogP contribution is 2.52. The Bertz CT molecular complexity index is 2720. The van der Waals surface area contributed by atoms with E-state index in [4.69, 9.17) is 9.97 Å². The molecule has 6 aliphatic heterocycles. The number of piperidine rings is 4. The van der Waals surface area contributed by atoms with E-state index in [-0.39, 0.29) is 54.0 Å². The number of pyridine rings is 2. The standard InChI is InChI=1S/C54H68N12O5/c1-34(2)65-33-56-44-31-43(58-49(48(44)65)57-38-7-8-38)37-6-10-42-45(28-37)66(41-29-40(30-41)60-19-4-3-5-20-60)52(70)54(42)17-26-63(27-18-54)51(69)36-14-23-62(24-15-36)50(68)35-12-21-61(22-13-35)46-11-9-39(32-55-46)64-25-16-47(67)59-53(64)71/h6,9-11,28,31-36,38,40-41H,3-5,7-8,12-27,29-30H2,1-2H3,(H,57,58)(H,59,67,71). The molecule has 17 heteroatoms. The zero-order chi connectivity index (χ0) is 48.5. The third kappa shape index (κ3) is 8.48. The molecule has 0 radical (unpaired) electrons. The molecule has 374 valence electrons. The Morgan fingerprint density at radius 1 is 0.761 bits per heavy atom. The Kier molecular flexibility index (Phi) is 12.0. The first-order chi connectivity index (χ1) is 34.5. The summed E-state index contributed by atoms with van der Waals surface area (Å²) in [6, 6.07) is 13.3. The van der Waals surface area contributed by atoms with Crippen LogP contribution in [0.3, 0.4) is 0 Å². The minimum absolute atomic E-state index is 0.0694. The first kappa shape index (κ1) is 46.0. The Morgan fingerprint density at radius 2 is 1.46 bits per heavy atom. The second-order valence-corrected chi connectivity index (χ2v) is 22.1. The second kappa shape index (κ2) is 18.5. The van der Waals surface area contributed by atoms with E-state index < -0.39 is 11.4 Å². The van der Waals surface area contributed by atoms with Gasteiger partial charge in [0.2, 0.25) is 23.6 Å². The first-order valence-electron chi connectivity index (χ1n) is 26.8. The van der Waals surface area contributed by atoms with E-state index in [9.17, 15) is 19.2 Å². The van der Waals surface area contributed by atoms with Crippen molar-refractivity contribution in [2.24, 2.45) is 11.8 Å². The van der Waals surface area contributed by atoms with Crippen LogP contribution in [0.5, 0.6) is 0 Å². The molecular formula is C54H68N12O5. The molecule has 1 aromatic carbocycles. The number of nitrogens with one attached hydrogen (secondary N) is 2. The summed E-state index contributed by atoms with van der Waals surface area (Å²) in [6.45, 7) is 10.6. The molecular weight excluding hydrogens is 897 g/mol. The lowest BCUT2D eigenvalue weighted by Gasteiger charge is -2.48. The van der Waals surface area contributed by atoms with E-state index in [1.54, 1.807) is 6.20 Å². The van der Waals surface area contributed by atoms with Gasteiger partial charge in [0.15, 0.2) is 5.82 Å². The molecule has 7 fully saturated rings. The van der Waals surface area contributed by atoms with Crippen LogP contribution >= 0.6 is 0 Å². The van der Waals surface area contributed by atoms with Gasteiger partial charge in [-0.15, -0.1) is 0 Å². The Morgan fingerprint density at radius 3 is 2.13 bits per heavy atom. The van der Waals surface area contributed by atoms with Crippen molar-refractivity contribution < 1.29 is 24.0 Å². The maximum atomic E-state index is 15.2. The summed E-state index contributed by atoms with van der Waals surface area (Å²) in [5.41, 5.74) is 5.86. The number of imidazole rings is 1. The fourth-order valence-corrected chi connectivity index (χ4v) is 12.9. The summed E-state index contributed by atoms with van der Waals surface area (Å²) < 4.78 is 2.20. The third-order valence-electron chi connectivity index (χ3n) is 17.4. The predicted molar refractivity (Wildman–Crippen MR) is 271 cm³/mol. The molecule has 4 aromatic rings. The molecule has 71 heavy (non-hydrogen) atoms. The molecule has 1 spiro atoms. The Hall–Kier alpha value is -6.10. The smallest absolute Gasteiger partial charge is 0.328 e. The summed E-state index contributed by atoms with van der Waals surface area (Å²) in [5, 5.41) is 6.06. The maximum absolute atomic E-state index is 15.2. The number of imide groups is 1. The molecule has 5 saturated heterocycles. The number of likely N-dealkylation sites (tertiary alicyclic amines) is 3. The molecule has 17 nitrogen and oxygen atoms in total. The Balaban J connectivity index is 0.695. The SMILES string of the molecule is CC(C)n1cnc2cc(-c3ccc4c(c3)N(C3CC(N5CCCCC5)C3)C(=O)C43CCN(C(=O)C4CCN(C(=O)C5CCN(c6ccc(N7CCC(=O)NC7=O)cn6)CC5)CC4)CC3)nc(NC3CC3)c21. The molecule has 2 N–H and O–H groups in total. The van der Waals surface area contributed by atoms with E-state index in [1.165, 1.54) is 24.2 Å². The largest absolute Gasteiger partial charge is 0.366 e. The molecule has 0 bridgehead atoms. The number of anilines is 4. The molecule has 12 rings (SSSR count). The number of fused-ring (bicyclic) bond motifs is 3. The van der Waals surface area contributed by atoms with Gasteiger partial charge in [-0.3, -0.25) is 29.4 Å². The molecule has 8 aliphatic rings. The molecule has 2 saturated carbocycles. The van der Waals surface area contributed by atoms with Crippen LogP contribution in [-0.4, -0.2) is 141 Å². The van der Waals surface area contributed by atoms with Crippen LogP contribution in [0.1, 0.15) is 115 Å². The number of urea groups is 1. The van der Waals surface area contributed by atoms with Gasteiger partial charge >= 0.3 is 6.03 Å². The van der Waals surface area contributed by atoms with Crippen LogP contribution in [0, 0.1) is 11.8 Å². The van der Waals surface area contributed by atoms with Gasteiger partial charge in [0.1, 0.15) is 11.3 Å². The van der Waals surface area contributed by atoms with E-state index in [2.05, 4.69) is 73.0 Å². The highest BCUT2D eigenvalue weighted by Gasteiger charge is 2.56. The van der Waals surface area contributed by atoms with Crippen molar-refractivity contribution in [2.75, 3.05) is 78.9 Å². The number of hydrogen-bond donors (Lipinski definition) is 2. The van der Waals surface area contributed by atoms with Gasteiger partial charge in [0.05, 0.1) is 34.8 Å². The van der Waals surface area contributed by atoms with Gasteiger partial charge in [0, 0.05) is 99.5 Å². The number of rotatable bonds is 10. The van der Waals surface area contributed by atoms with Crippen LogP contribution in [0.15, 0.2) is 48.9 Å². The van der Waals surface area contributed by atoms with Crippen molar-refractivity contribution in [1.29, 1.82) is 0 Å². The summed E-state index contributed by atoms with van der Waals surface area (Å²) >= 11 is 0. The summed E-state index contributed by atoms with van der Waals surface area (Å²) in [4.78, 5) is 94.4. The number of carbonyl (C=O) groups is 5. The summed E-state index contributed by atoms with van der Waals surface area (Å²) in [6.07, 6.45) is 15.9. The number of amides is 6. The van der Waals surface area contributed by atoms with Crippen LogP contribution in [0.2, 0.25) is 0 Å². The number of hydrogen-bond acceptors (Lipinski definition) is 11. The van der Waals surface area contributed by atoms with Gasteiger partial charge in [-0.2, -0.15) is 0 Å². The van der Waals surface area contributed by atoms with Gasteiger partial charge in [0.25, 0.3) is 0 Å². The maximum Gasteiger partial charge on any atom is 0.328 e. The Labute approximate surface area is 415 Å². The van der Waals surface area contributed by atoms with E-state index in [0.717, 1.165) is 96.8 Å². The monoisotopic (exact) mass is 965 g/mol. The molecule has 2 aliphatic carbocycles. The van der Waals surface area contributed by atoms with Crippen molar-refractivity contribution in [2.45, 2.75) is 133 Å². The predicted octanol–water partition coefficient (Wildman–Crippen LogP) is 6.47. The third-order valence-corrected chi connectivity index (χ3v) is 17.4. The molecule has 3 aromatic heterocycles. The second-order valence-electron chi connectivity index (χ2n) is 22.1. The lowest BCUT2D eigenvalue weighted by Crippen LogP contribution is -2.58. The minimum atomic E-state index is -0.675. The minimum Gasteiger partial charge on any atom is -0.366 e. The van der Waals surface area contributed by atoms with Gasteiger partial charge < -0.3 is 34.4 Å². The van der Waals surface area contributed by atoms with E-state index in [1.807, 2.05) is 28.3 Å². The number of benzene rings is 1. The van der Waals surface area contributed by atoms with Crippen LogP contribution in [-0.2, 0) is 24.6 Å². The lowest BCUT2D eigenvalue weighted by molar-refractivity contribution is -0.144. The van der Waals surface area contributed by atoms with Crippen molar-refractivity contribution in [3.63, 3.8) is 0 Å². The highest BCUT2D eigenvalue weighted by atomic mass is 16.2. The van der Waals surface area contributed by atoms with Gasteiger partial charge in [-0.05, 0) is 134 Å². The van der Waals surface area contributed by atoms with Crippen LogP contribution in [0.4, 0.5) is 27.8 Å². The van der Waals surface area contributed by atoms with Gasteiger partial charge in [-0.25, -0.2) is 19.7 Å². The van der Waals surface area contributed by atoms with Crippen LogP contribution < -0.4 is 25.3 Å². The molecule has 0 unspecified atom stereocenters. The van der Waals surface area contributed by atoms with Crippen molar-refractivity contribution in [1.82, 2.24) is 39.5 Å². The van der Waals surface area contributed by atoms with E-state index >= 15 is 4.79 Å². The summed E-state index contributed by atoms with van der Waals surface area (Å²) in [7, 11) is 0. The average Bonchev–Trinajstić information content (AvgIpc) is 4.05. The molecule has 9 heterocycles. The molecule has 0 atom stereocenters. The van der Waals surface area contributed by atoms with Crippen molar-refractivity contribution in [3.05, 3.63) is 54.5 Å². The fourth-order valence-electron chi connectivity index (χ4n) is 12.9. The van der Waals surface area contributed by atoms with Gasteiger partial charge in [-0.1, -0.05) is 18.6 Å². The summed E-state index contributed by atoms with van der Waals surface area (Å²) in [5.74, 6) is 1.74. The average molecular weight is 965 g/mol. The van der Waals surface area contributed by atoms with Crippen LogP contribution in [0.25, 0.3) is 22.3 Å². The zero-order valence-corrected chi connectivity index (χ0v) is 41.4. The number of carbonyl (C=O) groups excluding carboxylic acids is 5. The van der Waals surface area contributed by atoms with Crippen molar-refractivity contribution >= 4 is 63.7 Å². The quantitative estimate of drug-likeness (QED) is 0.178. The van der Waals surface area contributed by atoms with E-state index in [0.29, 0.717) is 89.3 Å². The number of aromatic nitrogens is 4. The first-order valence-corrected chi connectivity index (χ1v) is 26.8.